The van der Waals surface area contributed by atoms with Crippen molar-refractivity contribution < 1.29 is 50.9 Å². The molecule has 0 atom stereocenters. The SMILES string of the molecule is O=C(O)C(F)(F)F.O=C(O)C(F)(F)F.O=C(c1cccnc1)N1CCCn2cnc(CN3CCCC3)c2C1. The van der Waals surface area contributed by atoms with Crippen molar-refractivity contribution in [1.29, 1.82) is 0 Å². The van der Waals surface area contributed by atoms with Gasteiger partial charge in [0, 0.05) is 32.0 Å². The second-order valence-corrected chi connectivity index (χ2v) is 8.24. The molecular formula is C22H25F6N5O5. The second kappa shape index (κ2) is 13.2. The van der Waals surface area contributed by atoms with E-state index in [2.05, 4.69) is 19.4 Å². The zero-order valence-corrected chi connectivity index (χ0v) is 19.9. The number of rotatable bonds is 3. The number of hydrogen-bond acceptors (Lipinski definition) is 6. The summed E-state index contributed by atoms with van der Waals surface area (Å²) in [6.45, 7) is 5.56. The smallest absolute Gasteiger partial charge is 0.475 e. The number of carbonyl (C=O) groups excluding carboxylic acids is 1. The Morgan fingerprint density at radius 2 is 1.47 bits per heavy atom. The number of amides is 1. The first-order valence-corrected chi connectivity index (χ1v) is 11.2. The molecule has 4 rings (SSSR count). The third-order valence-electron chi connectivity index (χ3n) is 5.45. The van der Waals surface area contributed by atoms with Gasteiger partial charge in [0.15, 0.2) is 0 Å². The maximum absolute atomic E-state index is 12.8. The van der Waals surface area contributed by atoms with Gasteiger partial charge in [0.05, 0.1) is 29.8 Å². The lowest BCUT2D eigenvalue weighted by atomic mass is 10.2. The van der Waals surface area contributed by atoms with E-state index in [9.17, 15) is 31.1 Å². The van der Waals surface area contributed by atoms with Crippen molar-refractivity contribution in [2.75, 3.05) is 19.6 Å². The van der Waals surface area contributed by atoms with Crippen molar-refractivity contribution in [3.63, 3.8) is 0 Å². The monoisotopic (exact) mass is 553 g/mol. The van der Waals surface area contributed by atoms with Crippen molar-refractivity contribution in [3.05, 3.63) is 47.8 Å². The fourth-order valence-corrected chi connectivity index (χ4v) is 3.65. The summed E-state index contributed by atoms with van der Waals surface area (Å²) in [5, 5.41) is 14.2. The third-order valence-corrected chi connectivity index (χ3v) is 5.45. The third kappa shape index (κ3) is 9.32. The average Bonchev–Trinajstić information content (AvgIpc) is 3.43. The Morgan fingerprint density at radius 3 is 1.97 bits per heavy atom. The van der Waals surface area contributed by atoms with Crippen LogP contribution in [0.4, 0.5) is 26.3 Å². The highest BCUT2D eigenvalue weighted by Crippen LogP contribution is 2.21. The quantitative estimate of drug-likeness (QED) is 0.555. The Morgan fingerprint density at radius 1 is 0.895 bits per heavy atom. The fourth-order valence-electron chi connectivity index (χ4n) is 3.65. The van der Waals surface area contributed by atoms with Crippen LogP contribution in [0.1, 0.15) is 41.0 Å². The molecule has 1 saturated heterocycles. The summed E-state index contributed by atoms with van der Waals surface area (Å²) in [5.41, 5.74) is 2.98. The van der Waals surface area contributed by atoms with Gasteiger partial charge >= 0.3 is 24.3 Å². The molecule has 16 heteroatoms. The lowest BCUT2D eigenvalue weighted by molar-refractivity contribution is -0.193. The zero-order valence-electron chi connectivity index (χ0n) is 19.9. The first-order chi connectivity index (χ1) is 17.7. The van der Waals surface area contributed by atoms with Gasteiger partial charge in [-0.15, -0.1) is 0 Å². The van der Waals surface area contributed by atoms with Crippen molar-refractivity contribution in [3.8, 4) is 0 Å². The van der Waals surface area contributed by atoms with E-state index in [4.69, 9.17) is 19.8 Å². The van der Waals surface area contributed by atoms with Crippen molar-refractivity contribution in [2.24, 2.45) is 0 Å². The number of pyridine rings is 1. The minimum Gasteiger partial charge on any atom is -0.475 e. The molecule has 4 heterocycles. The van der Waals surface area contributed by atoms with Gasteiger partial charge in [0.2, 0.25) is 0 Å². The van der Waals surface area contributed by atoms with E-state index >= 15 is 0 Å². The number of fused-ring (bicyclic) bond motifs is 1. The van der Waals surface area contributed by atoms with Gasteiger partial charge in [-0.05, 0) is 44.5 Å². The molecule has 2 aliphatic rings. The van der Waals surface area contributed by atoms with Crippen LogP contribution >= 0.6 is 0 Å². The standard InChI is InChI=1S/C18H23N5O.2C2HF3O2/c24-18(15-5-3-6-19-11-15)22-9-4-10-23-14-20-16(17(23)13-22)12-21-7-1-2-8-21;2*3-2(4,5)1(6)7/h3,5-6,11,14H,1-2,4,7-10,12-13H2;2*(H,6,7). The van der Waals surface area contributed by atoms with Crippen LogP contribution < -0.4 is 0 Å². The Hall–Kier alpha value is -3.69. The number of nitrogens with zero attached hydrogens (tertiary/aromatic N) is 5. The largest absolute Gasteiger partial charge is 0.490 e. The van der Waals surface area contributed by atoms with Crippen molar-refractivity contribution in [2.45, 2.75) is 51.2 Å². The van der Waals surface area contributed by atoms with Crippen LogP contribution in [-0.2, 0) is 29.2 Å². The summed E-state index contributed by atoms with van der Waals surface area (Å²) < 4.78 is 65.7. The molecule has 2 N–H and O–H groups in total. The van der Waals surface area contributed by atoms with Crippen LogP contribution in [-0.4, -0.2) is 84.4 Å². The lowest BCUT2D eigenvalue weighted by Crippen LogP contribution is -2.31. The lowest BCUT2D eigenvalue weighted by Gasteiger charge is -2.21. The highest BCUT2D eigenvalue weighted by Gasteiger charge is 2.38. The van der Waals surface area contributed by atoms with E-state index in [1.54, 1.807) is 12.4 Å². The molecule has 1 amide bonds. The number of halogens is 6. The maximum Gasteiger partial charge on any atom is 0.490 e. The highest BCUT2D eigenvalue weighted by molar-refractivity contribution is 5.93. The number of aromatic nitrogens is 3. The van der Waals surface area contributed by atoms with Crippen LogP contribution in [0.25, 0.3) is 0 Å². The minimum absolute atomic E-state index is 0.0601. The summed E-state index contributed by atoms with van der Waals surface area (Å²) >= 11 is 0. The summed E-state index contributed by atoms with van der Waals surface area (Å²) in [7, 11) is 0. The van der Waals surface area contributed by atoms with Crippen LogP contribution in [0.3, 0.4) is 0 Å². The molecule has 0 aromatic carbocycles. The van der Waals surface area contributed by atoms with Gasteiger partial charge in [-0.1, -0.05) is 0 Å². The van der Waals surface area contributed by atoms with E-state index in [-0.39, 0.29) is 5.91 Å². The van der Waals surface area contributed by atoms with Crippen LogP contribution in [0.15, 0.2) is 30.9 Å². The maximum atomic E-state index is 12.8. The summed E-state index contributed by atoms with van der Waals surface area (Å²) in [5.74, 6) is -5.45. The first-order valence-electron chi connectivity index (χ1n) is 11.2. The highest BCUT2D eigenvalue weighted by atomic mass is 19.4. The number of imidazole rings is 1. The Balaban J connectivity index is 0.000000301. The molecule has 0 bridgehead atoms. The van der Waals surface area contributed by atoms with Gasteiger partial charge in [-0.2, -0.15) is 26.3 Å². The van der Waals surface area contributed by atoms with Crippen LogP contribution in [0.2, 0.25) is 0 Å². The predicted octanol–water partition coefficient (Wildman–Crippen LogP) is 3.19. The summed E-state index contributed by atoms with van der Waals surface area (Å²) in [4.78, 5) is 43.7. The molecule has 2 aromatic rings. The molecule has 2 aromatic heterocycles. The molecule has 0 spiro atoms. The number of carboxylic acid groups (broad SMARTS) is 2. The van der Waals surface area contributed by atoms with E-state index in [0.717, 1.165) is 44.8 Å². The molecule has 10 nitrogen and oxygen atoms in total. The Kier molecular flexibility index (Phi) is 10.6. The Bertz CT molecular complexity index is 1060. The van der Waals surface area contributed by atoms with E-state index < -0.39 is 24.3 Å². The first kappa shape index (κ1) is 30.5. The molecule has 2 aliphatic heterocycles. The molecule has 1 fully saturated rings. The number of aryl methyl sites for hydroxylation is 1. The van der Waals surface area contributed by atoms with Gasteiger partial charge in [0.1, 0.15) is 0 Å². The van der Waals surface area contributed by atoms with Crippen molar-refractivity contribution in [1.82, 2.24) is 24.3 Å². The molecule has 38 heavy (non-hydrogen) atoms. The van der Waals surface area contributed by atoms with E-state index in [1.807, 2.05) is 23.4 Å². The number of carbonyl (C=O) groups is 3. The topological polar surface area (TPSA) is 129 Å². The van der Waals surface area contributed by atoms with Gasteiger partial charge in [-0.25, -0.2) is 14.6 Å². The molecular weight excluding hydrogens is 528 g/mol. The molecule has 0 unspecified atom stereocenters. The number of carboxylic acids is 2. The van der Waals surface area contributed by atoms with Gasteiger partial charge in [0.25, 0.3) is 5.91 Å². The van der Waals surface area contributed by atoms with Crippen LogP contribution in [0.5, 0.6) is 0 Å². The molecule has 0 saturated carbocycles. The number of hydrogen-bond donors (Lipinski definition) is 2. The normalized spacial score (nSPS) is 15.8. The fraction of sp³-hybridized carbons (Fsp3) is 0.500. The number of aliphatic carboxylic acids is 2. The average molecular weight is 553 g/mol. The molecule has 0 radical (unpaired) electrons. The van der Waals surface area contributed by atoms with Gasteiger partial charge in [-0.3, -0.25) is 14.7 Å². The molecule has 0 aliphatic carbocycles. The van der Waals surface area contributed by atoms with E-state index in [1.165, 1.54) is 18.5 Å². The number of likely N-dealkylation sites (tertiary alicyclic amines) is 1. The Labute approximate surface area is 212 Å². The molecule has 210 valence electrons. The van der Waals surface area contributed by atoms with E-state index in [0.29, 0.717) is 12.1 Å². The van der Waals surface area contributed by atoms with Gasteiger partial charge < -0.3 is 19.7 Å². The minimum atomic E-state index is -5.08. The predicted molar refractivity (Wildman–Crippen MR) is 118 cm³/mol. The summed E-state index contributed by atoms with van der Waals surface area (Å²) in [6.07, 6.45) is -1.36. The van der Waals surface area contributed by atoms with Crippen LogP contribution in [0, 0.1) is 0 Å². The number of alkyl halides is 6. The summed E-state index contributed by atoms with van der Waals surface area (Å²) in [6, 6.07) is 3.65. The second-order valence-electron chi connectivity index (χ2n) is 8.24. The van der Waals surface area contributed by atoms with Crippen molar-refractivity contribution >= 4 is 17.8 Å². The zero-order chi connectivity index (χ0) is 28.5.